The number of piperazine rings is 1. The van der Waals surface area contributed by atoms with Crippen LogP contribution in [0.4, 0.5) is 11.4 Å². The van der Waals surface area contributed by atoms with Gasteiger partial charge in [0.15, 0.2) is 0 Å². The van der Waals surface area contributed by atoms with Gasteiger partial charge in [0.1, 0.15) is 0 Å². The standard InChI is InChI=1S/C22H28N4O2.2ClH/c1-17-7-6-8-18(2)22(17)24-20(27)16-25-11-13-26(14-12-25)21(28)15-23-19-9-4-3-5-10-19;;/h3-10,23H,11-16H2,1-2H3,(H,24,27);2*1H. The van der Waals surface area contributed by atoms with Crippen LogP contribution in [0.1, 0.15) is 11.1 Å². The second-order valence-corrected chi connectivity index (χ2v) is 7.19. The van der Waals surface area contributed by atoms with Crippen molar-refractivity contribution in [1.82, 2.24) is 9.80 Å². The molecule has 0 atom stereocenters. The molecule has 1 saturated heterocycles. The second-order valence-electron chi connectivity index (χ2n) is 7.19. The molecule has 2 amide bonds. The number of para-hydroxylation sites is 2. The zero-order valence-electron chi connectivity index (χ0n) is 17.4. The number of carbonyl (C=O) groups is 2. The van der Waals surface area contributed by atoms with Crippen molar-refractivity contribution in [3.8, 4) is 0 Å². The largest absolute Gasteiger partial charge is 0.376 e. The number of nitrogens with one attached hydrogen (secondary N) is 2. The molecular weight excluding hydrogens is 423 g/mol. The molecule has 0 aliphatic carbocycles. The van der Waals surface area contributed by atoms with Crippen molar-refractivity contribution in [3.05, 3.63) is 59.7 Å². The average Bonchev–Trinajstić information content (AvgIpc) is 2.70. The summed E-state index contributed by atoms with van der Waals surface area (Å²) in [6.45, 7) is 7.33. The van der Waals surface area contributed by atoms with Crippen LogP contribution in [-0.2, 0) is 9.59 Å². The van der Waals surface area contributed by atoms with Gasteiger partial charge >= 0.3 is 0 Å². The van der Waals surface area contributed by atoms with Gasteiger partial charge in [-0.3, -0.25) is 14.5 Å². The first-order valence-corrected chi connectivity index (χ1v) is 9.68. The summed E-state index contributed by atoms with van der Waals surface area (Å²) in [6, 6.07) is 15.7. The number of benzene rings is 2. The number of hydrogen-bond acceptors (Lipinski definition) is 4. The smallest absolute Gasteiger partial charge is 0.241 e. The fourth-order valence-electron chi connectivity index (χ4n) is 3.39. The van der Waals surface area contributed by atoms with Gasteiger partial charge in [0, 0.05) is 37.6 Å². The van der Waals surface area contributed by atoms with E-state index in [9.17, 15) is 9.59 Å². The predicted molar refractivity (Wildman–Crippen MR) is 127 cm³/mol. The number of anilines is 2. The van der Waals surface area contributed by atoms with Crippen LogP contribution >= 0.6 is 24.8 Å². The Bertz CT molecular complexity index is 805. The van der Waals surface area contributed by atoms with E-state index in [0.29, 0.717) is 32.7 Å². The van der Waals surface area contributed by atoms with Gasteiger partial charge in [-0.2, -0.15) is 0 Å². The van der Waals surface area contributed by atoms with Crippen molar-refractivity contribution in [2.45, 2.75) is 13.8 Å². The predicted octanol–water partition coefficient (Wildman–Crippen LogP) is 3.34. The lowest BCUT2D eigenvalue weighted by atomic mass is 10.1. The molecule has 0 radical (unpaired) electrons. The van der Waals surface area contributed by atoms with Crippen molar-refractivity contribution in [3.63, 3.8) is 0 Å². The van der Waals surface area contributed by atoms with E-state index < -0.39 is 0 Å². The molecule has 0 spiro atoms. The van der Waals surface area contributed by atoms with E-state index in [4.69, 9.17) is 0 Å². The van der Waals surface area contributed by atoms with E-state index in [-0.39, 0.29) is 43.2 Å². The Morgan fingerprint density at radius 1 is 0.867 bits per heavy atom. The highest BCUT2D eigenvalue weighted by Crippen LogP contribution is 2.19. The molecule has 1 aliphatic heterocycles. The van der Waals surface area contributed by atoms with Crippen molar-refractivity contribution in [2.24, 2.45) is 0 Å². The Labute approximate surface area is 190 Å². The Morgan fingerprint density at radius 3 is 2.07 bits per heavy atom. The highest BCUT2D eigenvalue weighted by molar-refractivity contribution is 5.93. The molecule has 1 aliphatic rings. The lowest BCUT2D eigenvalue weighted by Crippen LogP contribution is -2.51. The maximum absolute atomic E-state index is 12.4. The molecule has 0 saturated carbocycles. The summed E-state index contributed by atoms with van der Waals surface area (Å²) < 4.78 is 0. The van der Waals surface area contributed by atoms with E-state index in [0.717, 1.165) is 22.5 Å². The maximum Gasteiger partial charge on any atom is 0.241 e. The molecule has 0 aromatic heterocycles. The molecule has 0 unspecified atom stereocenters. The monoisotopic (exact) mass is 452 g/mol. The minimum atomic E-state index is -0.0112. The van der Waals surface area contributed by atoms with Gasteiger partial charge in [-0.25, -0.2) is 0 Å². The van der Waals surface area contributed by atoms with Crippen LogP contribution < -0.4 is 10.6 Å². The SMILES string of the molecule is Cc1cccc(C)c1NC(=O)CN1CCN(C(=O)CNc2ccccc2)CC1.Cl.Cl. The Kier molecular flexibility index (Phi) is 10.7. The van der Waals surface area contributed by atoms with Crippen LogP contribution in [0.2, 0.25) is 0 Å². The summed E-state index contributed by atoms with van der Waals surface area (Å²) >= 11 is 0. The molecule has 1 heterocycles. The summed E-state index contributed by atoms with van der Waals surface area (Å²) in [5.74, 6) is 0.0754. The number of aryl methyl sites for hydroxylation is 2. The van der Waals surface area contributed by atoms with Gasteiger partial charge in [-0.15, -0.1) is 24.8 Å². The number of hydrogen-bond donors (Lipinski definition) is 2. The van der Waals surface area contributed by atoms with Crippen molar-refractivity contribution in [2.75, 3.05) is 49.9 Å². The lowest BCUT2D eigenvalue weighted by Gasteiger charge is -2.34. The van der Waals surface area contributed by atoms with E-state index in [1.165, 1.54) is 0 Å². The quantitative estimate of drug-likeness (QED) is 0.705. The summed E-state index contributed by atoms with van der Waals surface area (Å²) in [7, 11) is 0. The highest BCUT2D eigenvalue weighted by atomic mass is 35.5. The lowest BCUT2D eigenvalue weighted by molar-refractivity contribution is -0.131. The highest BCUT2D eigenvalue weighted by Gasteiger charge is 2.22. The van der Waals surface area contributed by atoms with Crippen LogP contribution in [0, 0.1) is 13.8 Å². The van der Waals surface area contributed by atoms with Gasteiger partial charge in [0.05, 0.1) is 13.1 Å². The Balaban J connectivity index is 0.00000225. The zero-order valence-corrected chi connectivity index (χ0v) is 19.0. The number of carbonyl (C=O) groups excluding carboxylic acids is 2. The van der Waals surface area contributed by atoms with E-state index in [2.05, 4.69) is 15.5 Å². The molecule has 6 nitrogen and oxygen atoms in total. The van der Waals surface area contributed by atoms with Crippen molar-refractivity contribution in [1.29, 1.82) is 0 Å². The van der Waals surface area contributed by atoms with E-state index in [1.54, 1.807) is 0 Å². The van der Waals surface area contributed by atoms with Gasteiger partial charge in [-0.1, -0.05) is 36.4 Å². The van der Waals surface area contributed by atoms with Gasteiger partial charge in [-0.05, 0) is 37.1 Å². The summed E-state index contributed by atoms with van der Waals surface area (Å²) in [6.07, 6.45) is 0. The van der Waals surface area contributed by atoms with Crippen molar-refractivity contribution >= 4 is 48.0 Å². The fourth-order valence-corrected chi connectivity index (χ4v) is 3.39. The molecule has 1 fully saturated rings. The normalized spacial score (nSPS) is 13.6. The molecule has 8 heteroatoms. The first kappa shape index (κ1) is 25.8. The first-order chi connectivity index (χ1) is 13.5. The van der Waals surface area contributed by atoms with Gasteiger partial charge in [0.25, 0.3) is 0 Å². The zero-order chi connectivity index (χ0) is 19.9. The number of rotatable bonds is 6. The van der Waals surface area contributed by atoms with Crippen LogP contribution in [0.25, 0.3) is 0 Å². The first-order valence-electron chi connectivity index (χ1n) is 9.68. The molecule has 0 bridgehead atoms. The van der Waals surface area contributed by atoms with Crippen molar-refractivity contribution < 1.29 is 9.59 Å². The minimum Gasteiger partial charge on any atom is -0.376 e. The maximum atomic E-state index is 12.4. The number of nitrogens with zero attached hydrogens (tertiary/aromatic N) is 2. The van der Waals surface area contributed by atoms with Crippen LogP contribution in [0.15, 0.2) is 48.5 Å². The minimum absolute atomic E-state index is 0. The molecular formula is C22H30Cl2N4O2. The topological polar surface area (TPSA) is 64.7 Å². The van der Waals surface area contributed by atoms with Gasteiger partial charge in [0.2, 0.25) is 11.8 Å². The summed E-state index contributed by atoms with van der Waals surface area (Å²) in [4.78, 5) is 28.8. The Hall–Kier alpha value is -2.28. The van der Waals surface area contributed by atoms with E-state index in [1.807, 2.05) is 67.3 Å². The molecule has 164 valence electrons. The Morgan fingerprint density at radius 2 is 1.47 bits per heavy atom. The fraction of sp³-hybridized carbons (Fsp3) is 0.364. The van der Waals surface area contributed by atoms with Crippen LogP contribution in [-0.4, -0.2) is 60.9 Å². The van der Waals surface area contributed by atoms with Crippen LogP contribution in [0.3, 0.4) is 0 Å². The molecule has 30 heavy (non-hydrogen) atoms. The average molecular weight is 453 g/mol. The molecule has 2 aromatic carbocycles. The molecule has 2 aromatic rings. The number of halogens is 2. The second kappa shape index (κ2) is 12.4. The number of amides is 2. The summed E-state index contributed by atoms with van der Waals surface area (Å²) in [5, 5.41) is 6.18. The van der Waals surface area contributed by atoms with E-state index >= 15 is 0 Å². The molecule has 3 rings (SSSR count). The molecule has 2 N–H and O–H groups in total. The third-order valence-electron chi connectivity index (χ3n) is 5.06. The summed E-state index contributed by atoms with van der Waals surface area (Å²) in [5.41, 5.74) is 3.97. The van der Waals surface area contributed by atoms with Gasteiger partial charge < -0.3 is 15.5 Å². The van der Waals surface area contributed by atoms with Crippen LogP contribution in [0.5, 0.6) is 0 Å². The third kappa shape index (κ3) is 7.20. The third-order valence-corrected chi connectivity index (χ3v) is 5.06.